The van der Waals surface area contributed by atoms with Crippen molar-refractivity contribution in [2.24, 2.45) is 0 Å². The summed E-state index contributed by atoms with van der Waals surface area (Å²) >= 11 is 3.35. The van der Waals surface area contributed by atoms with Gasteiger partial charge in [0.15, 0.2) is 11.0 Å². The quantitative estimate of drug-likeness (QED) is 0.634. The lowest BCUT2D eigenvalue weighted by Crippen LogP contribution is -2.11. The molecule has 3 aromatic rings. The average Bonchev–Trinajstić information content (AvgIpc) is 3.23. The van der Waals surface area contributed by atoms with Gasteiger partial charge in [-0.1, -0.05) is 43.8 Å². The topological polar surface area (TPSA) is 69.6 Å². The summed E-state index contributed by atoms with van der Waals surface area (Å²) in [4.78, 5) is 5.81. The fourth-order valence-electron chi connectivity index (χ4n) is 1.94. The number of hydrogen-bond acceptors (Lipinski definition) is 7. The molecule has 0 aliphatic rings. The van der Waals surface area contributed by atoms with E-state index in [0.29, 0.717) is 17.5 Å². The Morgan fingerprint density at radius 1 is 1.35 bits per heavy atom. The van der Waals surface area contributed by atoms with Gasteiger partial charge in [0.25, 0.3) is 0 Å². The highest BCUT2D eigenvalue weighted by Gasteiger charge is 2.21. The molecule has 0 amide bonds. The van der Waals surface area contributed by atoms with E-state index in [2.05, 4.69) is 63.2 Å². The van der Waals surface area contributed by atoms with Crippen LogP contribution >= 0.6 is 23.1 Å². The van der Waals surface area contributed by atoms with Crippen LogP contribution in [-0.2, 0) is 24.1 Å². The molecule has 0 radical (unpaired) electrons. The second-order valence-electron chi connectivity index (χ2n) is 6.19. The van der Waals surface area contributed by atoms with Crippen molar-refractivity contribution in [3.8, 4) is 0 Å². The Kier molecular flexibility index (Phi) is 4.82. The number of thiophene rings is 1. The molecule has 0 N–H and O–H groups in total. The highest BCUT2D eigenvalue weighted by atomic mass is 32.2. The SMILES string of the molecule is CC(C)(C)c1nc(CSc2nncn2CCc2cccs2)no1. The molecule has 0 unspecified atom stereocenters. The lowest BCUT2D eigenvalue weighted by atomic mass is 9.97. The van der Waals surface area contributed by atoms with Crippen molar-refractivity contribution in [2.45, 2.75) is 50.1 Å². The van der Waals surface area contributed by atoms with Gasteiger partial charge in [-0.3, -0.25) is 0 Å². The van der Waals surface area contributed by atoms with Crippen molar-refractivity contribution in [2.75, 3.05) is 0 Å². The van der Waals surface area contributed by atoms with Crippen LogP contribution in [0.15, 0.2) is 33.5 Å². The molecular weight excluding hydrogens is 330 g/mol. The second kappa shape index (κ2) is 6.84. The third-order valence-corrected chi connectivity index (χ3v) is 5.11. The molecule has 3 heterocycles. The standard InChI is InChI=1S/C15H19N5OS2/c1-15(2,3)13-17-12(19-21-13)9-23-14-18-16-10-20(14)7-6-11-5-4-8-22-11/h4-5,8,10H,6-7,9H2,1-3H3. The molecule has 3 aromatic heterocycles. The zero-order valence-electron chi connectivity index (χ0n) is 13.4. The molecular formula is C15H19N5OS2. The van der Waals surface area contributed by atoms with Crippen LogP contribution in [0, 0.1) is 0 Å². The van der Waals surface area contributed by atoms with Gasteiger partial charge in [0.1, 0.15) is 6.33 Å². The normalized spacial score (nSPS) is 12.0. The van der Waals surface area contributed by atoms with Crippen LogP contribution < -0.4 is 0 Å². The number of rotatable bonds is 6. The molecule has 0 aliphatic heterocycles. The van der Waals surface area contributed by atoms with Crippen LogP contribution in [0.1, 0.15) is 37.4 Å². The first-order chi connectivity index (χ1) is 11.0. The Hall–Kier alpha value is -1.67. The van der Waals surface area contributed by atoms with E-state index in [1.165, 1.54) is 4.88 Å². The van der Waals surface area contributed by atoms with E-state index < -0.39 is 0 Å². The van der Waals surface area contributed by atoms with Crippen molar-refractivity contribution >= 4 is 23.1 Å². The molecule has 0 saturated carbocycles. The van der Waals surface area contributed by atoms with Gasteiger partial charge in [-0.05, 0) is 17.9 Å². The Morgan fingerprint density at radius 2 is 2.22 bits per heavy atom. The number of thioether (sulfide) groups is 1. The van der Waals surface area contributed by atoms with Crippen LogP contribution in [0.4, 0.5) is 0 Å². The van der Waals surface area contributed by atoms with Crippen LogP contribution in [0.5, 0.6) is 0 Å². The van der Waals surface area contributed by atoms with E-state index in [0.717, 1.165) is 18.1 Å². The number of aromatic nitrogens is 5. The summed E-state index contributed by atoms with van der Waals surface area (Å²) in [7, 11) is 0. The Morgan fingerprint density at radius 3 is 2.91 bits per heavy atom. The maximum Gasteiger partial charge on any atom is 0.232 e. The third kappa shape index (κ3) is 4.20. The maximum absolute atomic E-state index is 5.31. The predicted molar refractivity (Wildman–Crippen MR) is 90.6 cm³/mol. The van der Waals surface area contributed by atoms with Gasteiger partial charge in [-0.25, -0.2) is 0 Å². The van der Waals surface area contributed by atoms with Gasteiger partial charge in [0.2, 0.25) is 5.89 Å². The molecule has 0 bridgehead atoms. The monoisotopic (exact) mass is 349 g/mol. The second-order valence-corrected chi connectivity index (χ2v) is 8.17. The van der Waals surface area contributed by atoms with E-state index in [1.54, 1.807) is 29.4 Å². The lowest BCUT2D eigenvalue weighted by molar-refractivity contribution is 0.319. The molecule has 0 saturated heterocycles. The largest absolute Gasteiger partial charge is 0.339 e. The lowest BCUT2D eigenvalue weighted by Gasteiger charge is -2.10. The van der Waals surface area contributed by atoms with Gasteiger partial charge in [0, 0.05) is 16.8 Å². The fraction of sp³-hybridized carbons (Fsp3) is 0.467. The smallest absolute Gasteiger partial charge is 0.232 e. The van der Waals surface area contributed by atoms with Crippen LogP contribution in [0.2, 0.25) is 0 Å². The van der Waals surface area contributed by atoms with Crippen LogP contribution in [-0.4, -0.2) is 24.9 Å². The van der Waals surface area contributed by atoms with Gasteiger partial charge in [-0.2, -0.15) is 4.98 Å². The van der Waals surface area contributed by atoms with Crippen molar-refractivity contribution < 1.29 is 4.52 Å². The third-order valence-electron chi connectivity index (χ3n) is 3.20. The minimum atomic E-state index is -0.128. The van der Waals surface area contributed by atoms with Gasteiger partial charge >= 0.3 is 0 Å². The molecule has 0 spiro atoms. The van der Waals surface area contributed by atoms with Gasteiger partial charge in [0.05, 0.1) is 5.75 Å². The molecule has 8 heteroatoms. The average molecular weight is 349 g/mol. The summed E-state index contributed by atoms with van der Waals surface area (Å²) in [6.07, 6.45) is 2.76. The molecule has 0 aliphatic carbocycles. The van der Waals surface area contributed by atoms with Crippen LogP contribution in [0.3, 0.4) is 0 Å². The van der Waals surface area contributed by atoms with Gasteiger partial charge < -0.3 is 9.09 Å². The fourth-order valence-corrected chi connectivity index (χ4v) is 3.42. The summed E-state index contributed by atoms with van der Waals surface area (Å²) in [5.74, 6) is 1.97. The highest BCUT2D eigenvalue weighted by molar-refractivity contribution is 7.98. The summed E-state index contributed by atoms with van der Waals surface area (Å²) in [6, 6.07) is 4.22. The van der Waals surface area contributed by atoms with E-state index in [-0.39, 0.29) is 5.41 Å². The summed E-state index contributed by atoms with van der Waals surface area (Å²) < 4.78 is 7.37. The minimum Gasteiger partial charge on any atom is -0.339 e. The Labute approximate surface area is 143 Å². The first kappa shape index (κ1) is 16.2. The van der Waals surface area contributed by atoms with Crippen molar-refractivity contribution in [3.05, 3.63) is 40.4 Å². The highest BCUT2D eigenvalue weighted by Crippen LogP contribution is 2.23. The molecule has 3 rings (SSSR count). The van der Waals surface area contributed by atoms with E-state index in [4.69, 9.17) is 4.52 Å². The zero-order chi connectivity index (χ0) is 16.3. The summed E-state index contributed by atoms with van der Waals surface area (Å²) in [5, 5.41) is 15.2. The van der Waals surface area contributed by atoms with Crippen molar-refractivity contribution in [1.82, 2.24) is 24.9 Å². The molecule has 6 nitrogen and oxygen atoms in total. The minimum absolute atomic E-state index is 0.128. The Bertz CT molecular complexity index is 742. The molecule has 0 aromatic carbocycles. The molecule has 0 fully saturated rings. The van der Waals surface area contributed by atoms with E-state index in [9.17, 15) is 0 Å². The Balaban J connectivity index is 1.58. The predicted octanol–water partition coefficient (Wildman–Crippen LogP) is 3.56. The van der Waals surface area contributed by atoms with E-state index in [1.807, 2.05) is 0 Å². The van der Waals surface area contributed by atoms with Gasteiger partial charge in [-0.15, -0.1) is 21.5 Å². The van der Waals surface area contributed by atoms with E-state index >= 15 is 0 Å². The first-order valence-corrected chi connectivity index (χ1v) is 9.25. The maximum atomic E-state index is 5.31. The molecule has 122 valence electrons. The summed E-state index contributed by atoms with van der Waals surface area (Å²) in [6.45, 7) is 7.03. The zero-order valence-corrected chi connectivity index (χ0v) is 15.0. The molecule has 0 atom stereocenters. The molecule has 23 heavy (non-hydrogen) atoms. The first-order valence-electron chi connectivity index (χ1n) is 7.38. The number of hydrogen-bond donors (Lipinski definition) is 0. The number of aryl methyl sites for hydroxylation is 2. The van der Waals surface area contributed by atoms with Crippen molar-refractivity contribution in [3.63, 3.8) is 0 Å². The summed E-state index contributed by atoms with van der Waals surface area (Å²) in [5.41, 5.74) is -0.128. The number of nitrogens with zero attached hydrogens (tertiary/aromatic N) is 5. The van der Waals surface area contributed by atoms with Crippen molar-refractivity contribution in [1.29, 1.82) is 0 Å². The van der Waals surface area contributed by atoms with Crippen LogP contribution in [0.25, 0.3) is 0 Å².